The van der Waals surface area contributed by atoms with E-state index in [2.05, 4.69) is 10.2 Å². The lowest BCUT2D eigenvalue weighted by atomic mass is 9.78. The number of nitrogens with zero attached hydrogens (tertiary/aromatic N) is 1. The minimum Gasteiger partial charge on any atom is -0.368 e. The van der Waals surface area contributed by atoms with Crippen LogP contribution in [0.2, 0.25) is 0 Å². The molecule has 1 spiro atoms. The molecule has 17 heavy (non-hydrogen) atoms. The predicted molar refractivity (Wildman–Crippen MR) is 64.7 cm³/mol. The molecule has 3 fully saturated rings. The molecule has 1 amide bonds. The molecule has 3 heterocycles. The zero-order chi connectivity index (χ0) is 11.7. The Morgan fingerprint density at radius 1 is 1.29 bits per heavy atom. The number of ether oxygens (including phenoxy) is 1. The van der Waals surface area contributed by atoms with E-state index in [4.69, 9.17) is 4.74 Å². The first-order chi connectivity index (χ1) is 8.29. The lowest BCUT2D eigenvalue weighted by Crippen LogP contribution is -2.42. The number of piperidine rings is 1. The van der Waals surface area contributed by atoms with Gasteiger partial charge in [-0.1, -0.05) is 0 Å². The Morgan fingerprint density at radius 3 is 2.82 bits per heavy atom. The maximum atomic E-state index is 12.3. The van der Waals surface area contributed by atoms with E-state index in [-0.39, 0.29) is 12.0 Å². The Bertz CT molecular complexity index is 294. The van der Waals surface area contributed by atoms with Gasteiger partial charge in [-0.25, -0.2) is 0 Å². The van der Waals surface area contributed by atoms with Crippen LogP contribution in [0.4, 0.5) is 0 Å². The zero-order valence-electron chi connectivity index (χ0n) is 10.4. The van der Waals surface area contributed by atoms with Crippen LogP contribution in [0.15, 0.2) is 0 Å². The van der Waals surface area contributed by atoms with E-state index < -0.39 is 0 Å². The second-order valence-corrected chi connectivity index (χ2v) is 5.76. The minimum atomic E-state index is -0.133. The molecule has 0 aromatic heterocycles. The van der Waals surface area contributed by atoms with Crippen molar-refractivity contribution in [3.63, 3.8) is 0 Å². The van der Waals surface area contributed by atoms with E-state index >= 15 is 0 Å². The van der Waals surface area contributed by atoms with Gasteiger partial charge in [0, 0.05) is 19.7 Å². The number of hydrogen-bond acceptors (Lipinski definition) is 3. The Labute approximate surface area is 103 Å². The van der Waals surface area contributed by atoms with E-state index in [0.29, 0.717) is 5.41 Å². The molecule has 3 aliphatic heterocycles. The van der Waals surface area contributed by atoms with Gasteiger partial charge in [-0.3, -0.25) is 4.79 Å². The molecule has 0 saturated carbocycles. The lowest BCUT2D eigenvalue weighted by Gasteiger charge is -2.33. The number of likely N-dealkylation sites (tertiary alicyclic amines) is 1. The largest absolute Gasteiger partial charge is 0.368 e. The van der Waals surface area contributed by atoms with Crippen molar-refractivity contribution >= 4 is 5.91 Å². The molecular weight excluding hydrogens is 216 g/mol. The monoisotopic (exact) mass is 238 g/mol. The average molecular weight is 238 g/mol. The second-order valence-electron chi connectivity index (χ2n) is 5.76. The third-order valence-corrected chi connectivity index (χ3v) is 4.62. The maximum absolute atomic E-state index is 12.3. The van der Waals surface area contributed by atoms with Gasteiger partial charge in [-0.05, 0) is 50.6 Å². The standard InChI is InChI=1S/C13H22N2O2/c16-12(11-2-1-9-17-11)15-8-5-13(10-15)3-6-14-7-4-13/h11,14H,1-10H2. The van der Waals surface area contributed by atoms with Crippen LogP contribution >= 0.6 is 0 Å². The number of hydrogen-bond donors (Lipinski definition) is 1. The molecule has 3 rings (SSSR count). The van der Waals surface area contributed by atoms with Crippen LogP contribution < -0.4 is 5.32 Å². The molecule has 1 unspecified atom stereocenters. The number of rotatable bonds is 1. The van der Waals surface area contributed by atoms with E-state index in [0.717, 1.165) is 45.6 Å². The van der Waals surface area contributed by atoms with E-state index in [1.54, 1.807) is 0 Å². The number of carbonyl (C=O) groups is 1. The van der Waals surface area contributed by atoms with Gasteiger partial charge >= 0.3 is 0 Å². The first-order valence-electron chi connectivity index (χ1n) is 6.90. The summed E-state index contributed by atoms with van der Waals surface area (Å²) in [7, 11) is 0. The molecule has 0 bridgehead atoms. The van der Waals surface area contributed by atoms with Gasteiger partial charge in [0.1, 0.15) is 6.10 Å². The first-order valence-corrected chi connectivity index (χ1v) is 6.90. The molecule has 3 saturated heterocycles. The highest BCUT2D eigenvalue weighted by atomic mass is 16.5. The van der Waals surface area contributed by atoms with Crippen molar-refractivity contribution in [3.05, 3.63) is 0 Å². The van der Waals surface area contributed by atoms with Crippen LogP contribution in [-0.4, -0.2) is 49.7 Å². The fourth-order valence-electron chi connectivity index (χ4n) is 3.46. The summed E-state index contributed by atoms with van der Waals surface area (Å²) in [6, 6.07) is 0. The SMILES string of the molecule is O=C(C1CCCO1)N1CCC2(CCNCC2)C1. The van der Waals surface area contributed by atoms with Crippen LogP contribution in [0.25, 0.3) is 0 Å². The molecule has 1 N–H and O–H groups in total. The molecule has 0 aromatic carbocycles. The molecule has 96 valence electrons. The van der Waals surface area contributed by atoms with Crippen LogP contribution in [0, 0.1) is 5.41 Å². The van der Waals surface area contributed by atoms with Gasteiger partial charge in [0.2, 0.25) is 0 Å². The van der Waals surface area contributed by atoms with E-state index in [1.807, 2.05) is 0 Å². The second kappa shape index (κ2) is 4.58. The summed E-state index contributed by atoms with van der Waals surface area (Å²) in [5, 5.41) is 3.41. The van der Waals surface area contributed by atoms with Gasteiger partial charge in [-0.2, -0.15) is 0 Å². The Balaban J connectivity index is 1.60. The molecule has 1 atom stereocenters. The normalized spacial score (nSPS) is 32.2. The lowest BCUT2D eigenvalue weighted by molar-refractivity contribution is -0.140. The maximum Gasteiger partial charge on any atom is 0.251 e. The summed E-state index contributed by atoms with van der Waals surface area (Å²) in [4.78, 5) is 14.3. The highest BCUT2D eigenvalue weighted by molar-refractivity contribution is 5.81. The summed E-state index contributed by atoms with van der Waals surface area (Å²) in [5.41, 5.74) is 0.416. The molecular formula is C13H22N2O2. The van der Waals surface area contributed by atoms with Gasteiger partial charge in [0.15, 0.2) is 0 Å². The van der Waals surface area contributed by atoms with Crippen LogP contribution in [0.5, 0.6) is 0 Å². The molecule has 4 nitrogen and oxygen atoms in total. The Kier molecular flexibility index (Phi) is 3.09. The number of nitrogens with one attached hydrogen (secondary N) is 1. The fourth-order valence-corrected chi connectivity index (χ4v) is 3.46. The Hall–Kier alpha value is -0.610. The van der Waals surface area contributed by atoms with Crippen LogP contribution in [0.1, 0.15) is 32.1 Å². The molecule has 3 aliphatic rings. The minimum absolute atomic E-state index is 0.133. The van der Waals surface area contributed by atoms with Crippen LogP contribution in [0.3, 0.4) is 0 Å². The molecule has 4 heteroatoms. The summed E-state index contributed by atoms with van der Waals surface area (Å²) in [5.74, 6) is 0.248. The summed E-state index contributed by atoms with van der Waals surface area (Å²) >= 11 is 0. The third kappa shape index (κ3) is 2.20. The molecule has 0 aliphatic carbocycles. The predicted octanol–water partition coefficient (Wildman–Crippen LogP) is 0.767. The summed E-state index contributed by atoms with van der Waals surface area (Å²) < 4.78 is 5.50. The van der Waals surface area contributed by atoms with Crippen molar-refractivity contribution in [2.75, 3.05) is 32.8 Å². The summed E-state index contributed by atoms with van der Waals surface area (Å²) in [6.45, 7) is 4.90. The van der Waals surface area contributed by atoms with Gasteiger partial charge in [0.25, 0.3) is 5.91 Å². The van der Waals surface area contributed by atoms with E-state index in [9.17, 15) is 4.79 Å². The van der Waals surface area contributed by atoms with Crippen molar-refractivity contribution in [1.29, 1.82) is 0 Å². The highest BCUT2D eigenvalue weighted by Crippen LogP contribution is 2.39. The number of carbonyl (C=O) groups excluding carboxylic acids is 1. The van der Waals surface area contributed by atoms with Crippen molar-refractivity contribution in [2.45, 2.75) is 38.2 Å². The van der Waals surface area contributed by atoms with Gasteiger partial charge < -0.3 is 15.0 Å². The van der Waals surface area contributed by atoms with Crippen molar-refractivity contribution < 1.29 is 9.53 Å². The molecule has 0 aromatic rings. The smallest absolute Gasteiger partial charge is 0.251 e. The van der Waals surface area contributed by atoms with Crippen LogP contribution in [-0.2, 0) is 9.53 Å². The number of amides is 1. The van der Waals surface area contributed by atoms with E-state index in [1.165, 1.54) is 19.3 Å². The highest BCUT2D eigenvalue weighted by Gasteiger charge is 2.42. The average Bonchev–Trinajstić information content (AvgIpc) is 2.99. The van der Waals surface area contributed by atoms with Crippen molar-refractivity contribution in [2.24, 2.45) is 5.41 Å². The Morgan fingerprint density at radius 2 is 2.12 bits per heavy atom. The zero-order valence-corrected chi connectivity index (χ0v) is 10.4. The first kappa shape index (κ1) is 11.5. The van der Waals surface area contributed by atoms with Gasteiger partial charge in [0.05, 0.1) is 0 Å². The van der Waals surface area contributed by atoms with Crippen molar-refractivity contribution in [3.8, 4) is 0 Å². The van der Waals surface area contributed by atoms with Gasteiger partial charge in [-0.15, -0.1) is 0 Å². The summed E-state index contributed by atoms with van der Waals surface area (Å²) in [6.07, 6.45) is 5.47. The quantitative estimate of drug-likeness (QED) is 0.733. The van der Waals surface area contributed by atoms with Crippen molar-refractivity contribution in [1.82, 2.24) is 10.2 Å². The fraction of sp³-hybridized carbons (Fsp3) is 0.923. The topological polar surface area (TPSA) is 41.6 Å². The molecule has 0 radical (unpaired) electrons. The third-order valence-electron chi connectivity index (χ3n) is 4.62.